The number of nitrogens with zero attached hydrogens (tertiary/aromatic N) is 6. The van der Waals surface area contributed by atoms with Crippen LogP contribution in [0.1, 0.15) is 118 Å². The number of aliphatic hydroxyl groups excluding tert-OH is 3. The van der Waals surface area contributed by atoms with E-state index in [4.69, 9.17) is 33.2 Å². The summed E-state index contributed by atoms with van der Waals surface area (Å²) in [7, 11) is 10.7. The van der Waals surface area contributed by atoms with Crippen LogP contribution in [0, 0.1) is 11.8 Å². The highest BCUT2D eigenvalue weighted by molar-refractivity contribution is 5.73. The van der Waals surface area contributed by atoms with Crippen molar-refractivity contribution in [1.82, 2.24) is 24.8 Å². The van der Waals surface area contributed by atoms with Gasteiger partial charge in [0.05, 0.1) is 47.2 Å². The maximum absolute atomic E-state index is 14.8. The van der Waals surface area contributed by atoms with Crippen LogP contribution in [0.25, 0.3) is 0 Å². The van der Waals surface area contributed by atoms with Gasteiger partial charge in [0.2, 0.25) is 0 Å². The molecule has 1 aromatic carbocycles. The first kappa shape index (κ1) is 59.9. The molecule has 19 nitrogen and oxygen atoms in total. The molecule has 3 aliphatic heterocycles. The van der Waals surface area contributed by atoms with E-state index >= 15 is 0 Å². The second-order valence-corrected chi connectivity index (χ2v) is 22.0. The quantitative estimate of drug-likeness (QED) is 0.151. The molecule has 1 aromatic heterocycles. The Labute approximate surface area is 427 Å². The number of aliphatic hydroxyl groups is 5. The minimum atomic E-state index is -1.84. The summed E-state index contributed by atoms with van der Waals surface area (Å²) < 4.78 is 60.0. The van der Waals surface area contributed by atoms with E-state index in [1.165, 1.54) is 18.7 Å². The number of hydrogen-bond acceptors (Lipinski definition) is 18. The molecule has 0 amide bonds. The summed E-state index contributed by atoms with van der Waals surface area (Å²) in [6.45, 7) is 15.7. The number of anilines is 1. The maximum atomic E-state index is 14.8. The molecule has 0 radical (unpaired) electrons. The third-order valence-electron chi connectivity index (χ3n) is 15.9. The Morgan fingerprint density at radius 2 is 1.61 bits per heavy atom. The summed E-state index contributed by atoms with van der Waals surface area (Å²) in [6, 6.07) is 5.93. The van der Waals surface area contributed by atoms with Gasteiger partial charge in [-0.05, 0) is 105 Å². The summed E-state index contributed by atoms with van der Waals surface area (Å²) in [5, 5.41) is 68.1. The molecule has 3 aliphatic rings. The fraction of sp³-hybridized carbons (Fsp3) is 0.827. The first-order chi connectivity index (χ1) is 33.7. The van der Waals surface area contributed by atoms with Gasteiger partial charge in [0.15, 0.2) is 12.6 Å². The van der Waals surface area contributed by atoms with Crippen molar-refractivity contribution in [2.75, 3.05) is 67.1 Å². The van der Waals surface area contributed by atoms with Gasteiger partial charge >= 0.3 is 5.97 Å². The molecule has 0 aliphatic carbocycles. The van der Waals surface area contributed by atoms with Crippen LogP contribution in [-0.4, -0.2) is 209 Å². The minimum absolute atomic E-state index is 0.0943. The number of aromatic nitrogens is 3. The van der Waals surface area contributed by atoms with Gasteiger partial charge in [-0.1, -0.05) is 31.2 Å². The Bertz CT molecular complexity index is 1980. The SMILES string of the molecule is CC[C@H]1OC(=O)[C@H](C)[C@@H](O[C@H]2C[C@@](C)(OC)[C@@H](O)[C@H](C)O2)C[C@@H](O[C@@H]2O[C@H](C)C[C@H](N(C)CCc3cn([C@H](CF)[C@H](OC)c4ccc(N(C)C)cc4)nn3)[C@H]2O)[C@](C)(O)C[C@@H](C)CN(C)[C@H](C)[C@@H](O)[C@]1(C)O. The maximum Gasteiger partial charge on any atom is 0.311 e. The van der Waals surface area contributed by atoms with Crippen molar-refractivity contribution in [3.63, 3.8) is 0 Å². The summed E-state index contributed by atoms with van der Waals surface area (Å²) in [4.78, 5) is 20.3. The van der Waals surface area contributed by atoms with Crippen molar-refractivity contribution in [3.05, 3.63) is 41.7 Å². The molecule has 3 saturated heterocycles. The predicted molar refractivity (Wildman–Crippen MR) is 268 cm³/mol. The second-order valence-electron chi connectivity index (χ2n) is 22.0. The zero-order valence-corrected chi connectivity index (χ0v) is 45.6. The number of rotatable bonds is 16. The van der Waals surface area contributed by atoms with Crippen LogP contribution in [0.3, 0.4) is 0 Å². The monoisotopic (exact) mass is 1020 g/mol. The Morgan fingerprint density at radius 3 is 2.21 bits per heavy atom. The van der Waals surface area contributed by atoms with E-state index in [-0.39, 0.29) is 31.6 Å². The molecular formula is C52H89FN6O13. The normalized spacial score (nSPS) is 38.9. The number of methoxy groups -OCH3 is 2. The molecule has 72 heavy (non-hydrogen) atoms. The van der Waals surface area contributed by atoms with E-state index in [9.17, 15) is 34.7 Å². The molecule has 5 N–H and O–H groups in total. The standard InChI is InChI=1S/C52H89FN6O13/c1-16-41-52(9,65)46(61)33(5)58(13)28-30(2)25-50(7,64)42(24-40(32(4)48(63)71-41)70-43-26-51(8,67-15)47(62)34(6)69-43)72-49-44(60)38(23-31(3)68-49)57(12)22-21-36-29-59(55-54-36)39(27-53)45(66-14)35-17-19-37(20-18-35)56(10)11/h17-20,29-34,38-47,49,60-62,64-65H,16,21-28H2,1-15H3/t30-,31-,32-,33-,34+,38+,39-,40+,41-,42-,43+,44-,45-,46-,47+,49+,50-,51-,52-/m1/s1. The van der Waals surface area contributed by atoms with Gasteiger partial charge in [0.1, 0.15) is 48.8 Å². The summed E-state index contributed by atoms with van der Waals surface area (Å²) in [6.07, 6.45) is -7.80. The van der Waals surface area contributed by atoms with Crippen molar-refractivity contribution < 1.29 is 67.9 Å². The van der Waals surface area contributed by atoms with Gasteiger partial charge in [0, 0.05) is 84.6 Å². The topological polar surface area (TPSA) is 223 Å². The van der Waals surface area contributed by atoms with E-state index in [0.29, 0.717) is 31.6 Å². The van der Waals surface area contributed by atoms with E-state index < -0.39 is 121 Å². The highest BCUT2D eigenvalue weighted by Gasteiger charge is 2.51. The van der Waals surface area contributed by atoms with E-state index in [1.54, 1.807) is 54.8 Å². The highest BCUT2D eigenvalue weighted by Crippen LogP contribution is 2.39. The van der Waals surface area contributed by atoms with Gasteiger partial charge in [-0.15, -0.1) is 5.10 Å². The lowest BCUT2D eigenvalue weighted by Gasteiger charge is -2.47. The Kier molecular flexibility index (Phi) is 21.0. The van der Waals surface area contributed by atoms with Gasteiger partial charge < -0.3 is 73.4 Å². The number of carbonyl (C=O) groups excluding carboxylic acids is 1. The van der Waals surface area contributed by atoms with Gasteiger partial charge in [-0.3, -0.25) is 4.79 Å². The Hall–Kier alpha value is -2.96. The number of halogens is 1. The molecule has 0 unspecified atom stereocenters. The van der Waals surface area contributed by atoms with Crippen LogP contribution in [0.15, 0.2) is 30.5 Å². The number of cyclic esters (lactones) is 1. The zero-order chi connectivity index (χ0) is 53.6. The number of hydrogen-bond donors (Lipinski definition) is 5. The third-order valence-corrected chi connectivity index (χ3v) is 15.9. The minimum Gasteiger partial charge on any atom is -0.459 e. The van der Waals surface area contributed by atoms with E-state index in [0.717, 1.165) is 11.3 Å². The summed E-state index contributed by atoms with van der Waals surface area (Å²) >= 11 is 0. The van der Waals surface area contributed by atoms with Crippen LogP contribution < -0.4 is 4.90 Å². The zero-order valence-electron chi connectivity index (χ0n) is 45.6. The largest absolute Gasteiger partial charge is 0.459 e. The average Bonchev–Trinajstić information content (AvgIpc) is 3.80. The van der Waals surface area contributed by atoms with Crippen LogP contribution in [0.4, 0.5) is 10.1 Å². The van der Waals surface area contributed by atoms with Crippen LogP contribution >= 0.6 is 0 Å². The van der Waals surface area contributed by atoms with E-state index in [1.807, 2.05) is 81.0 Å². The molecule has 0 spiro atoms. The number of esters is 1. The fourth-order valence-corrected chi connectivity index (χ4v) is 10.9. The Balaban J connectivity index is 1.42. The lowest BCUT2D eigenvalue weighted by atomic mass is 9.83. The number of ether oxygens (including phenoxy) is 7. The average molecular weight is 1030 g/mol. The van der Waals surface area contributed by atoms with Crippen LogP contribution in [0.5, 0.6) is 0 Å². The molecule has 5 rings (SSSR count). The van der Waals surface area contributed by atoms with Gasteiger partial charge in [-0.2, -0.15) is 0 Å². The first-order valence-electron chi connectivity index (χ1n) is 25.7. The molecule has 0 bridgehead atoms. The lowest BCUT2D eigenvalue weighted by molar-refractivity contribution is -0.308. The van der Waals surface area contributed by atoms with Gasteiger partial charge in [0.25, 0.3) is 0 Å². The lowest BCUT2D eigenvalue weighted by Crippen LogP contribution is -2.59. The molecule has 412 valence electrons. The van der Waals surface area contributed by atoms with Crippen molar-refractivity contribution in [3.8, 4) is 0 Å². The van der Waals surface area contributed by atoms with Crippen molar-refractivity contribution in [2.24, 2.45) is 11.8 Å². The molecule has 3 fully saturated rings. The van der Waals surface area contributed by atoms with Crippen LogP contribution in [-0.2, 0) is 44.4 Å². The van der Waals surface area contributed by atoms with Crippen LogP contribution in [0.2, 0.25) is 0 Å². The highest BCUT2D eigenvalue weighted by atomic mass is 19.1. The molecule has 2 aromatic rings. The second kappa shape index (κ2) is 25.3. The number of carbonyl (C=O) groups is 1. The number of likely N-dealkylation sites (N-methyl/N-ethyl adjacent to an activating group) is 2. The molecular weight excluding hydrogens is 936 g/mol. The van der Waals surface area contributed by atoms with Crippen molar-refractivity contribution in [1.29, 1.82) is 0 Å². The summed E-state index contributed by atoms with van der Waals surface area (Å²) in [5.41, 5.74) is -2.10. The number of alkyl halides is 1. The smallest absolute Gasteiger partial charge is 0.311 e. The fourth-order valence-electron chi connectivity index (χ4n) is 10.9. The predicted octanol–water partition coefficient (Wildman–Crippen LogP) is 3.82. The van der Waals surface area contributed by atoms with E-state index in [2.05, 4.69) is 10.3 Å². The van der Waals surface area contributed by atoms with Crippen molar-refractivity contribution in [2.45, 2.75) is 203 Å². The van der Waals surface area contributed by atoms with Crippen molar-refractivity contribution >= 4 is 11.7 Å². The summed E-state index contributed by atoms with van der Waals surface area (Å²) in [5.74, 6) is -1.98. The molecule has 20 heteroatoms. The number of benzene rings is 1. The van der Waals surface area contributed by atoms with Gasteiger partial charge in [-0.25, -0.2) is 9.07 Å². The Morgan fingerprint density at radius 1 is 0.944 bits per heavy atom. The molecule has 4 heterocycles. The first-order valence-corrected chi connectivity index (χ1v) is 25.7. The third kappa shape index (κ3) is 14.1. The molecule has 0 saturated carbocycles. The molecule has 19 atom stereocenters.